The highest BCUT2D eigenvalue weighted by Gasteiger charge is 2.20. The van der Waals surface area contributed by atoms with Crippen LogP contribution in [0.4, 0.5) is 5.69 Å². The van der Waals surface area contributed by atoms with E-state index in [9.17, 15) is 13.2 Å². The number of fused-ring (bicyclic) bond motifs is 1. The number of carbonyl (C=O) groups is 1. The minimum absolute atomic E-state index is 0.153. The van der Waals surface area contributed by atoms with E-state index in [1.165, 1.54) is 5.56 Å². The van der Waals surface area contributed by atoms with Crippen LogP contribution in [0.1, 0.15) is 24.0 Å². The van der Waals surface area contributed by atoms with Gasteiger partial charge in [0.15, 0.2) is 15.6 Å². The van der Waals surface area contributed by atoms with E-state index in [1.54, 1.807) is 60.7 Å². The summed E-state index contributed by atoms with van der Waals surface area (Å²) in [6.07, 6.45) is 2.80. The number of rotatable bonds is 7. The maximum absolute atomic E-state index is 12.7. The van der Waals surface area contributed by atoms with Gasteiger partial charge in [0.05, 0.1) is 21.4 Å². The summed E-state index contributed by atoms with van der Waals surface area (Å²) >= 11 is 6.15. The molecule has 0 spiro atoms. The van der Waals surface area contributed by atoms with Gasteiger partial charge in [0.25, 0.3) is 0 Å². The Balaban J connectivity index is 1.42. The Kier molecular flexibility index (Phi) is 6.30. The average molecular weight is 456 g/mol. The second-order valence-corrected chi connectivity index (χ2v) is 9.95. The van der Waals surface area contributed by atoms with Crippen LogP contribution in [-0.4, -0.2) is 20.1 Å². The van der Waals surface area contributed by atoms with Crippen molar-refractivity contribution in [1.29, 1.82) is 0 Å². The van der Waals surface area contributed by atoms with E-state index in [-0.39, 0.29) is 17.1 Å². The molecule has 0 unspecified atom stereocenters. The predicted molar refractivity (Wildman–Crippen MR) is 122 cm³/mol. The molecule has 0 bridgehead atoms. The van der Waals surface area contributed by atoms with Crippen molar-refractivity contribution in [2.75, 3.05) is 11.1 Å². The molecule has 0 saturated heterocycles. The summed E-state index contributed by atoms with van der Waals surface area (Å²) in [5.74, 6) is 0.223. The van der Waals surface area contributed by atoms with Crippen LogP contribution < -0.4 is 10.1 Å². The number of anilines is 1. The van der Waals surface area contributed by atoms with E-state index in [0.717, 1.165) is 24.8 Å². The lowest BCUT2D eigenvalue weighted by Gasteiger charge is -2.13. The molecular formula is C24H22ClNO4S. The molecule has 0 aromatic heterocycles. The number of nitrogens with one attached hydrogen (secondary N) is 1. The fourth-order valence-electron chi connectivity index (χ4n) is 3.60. The Hall–Kier alpha value is -2.83. The molecule has 3 aromatic rings. The summed E-state index contributed by atoms with van der Waals surface area (Å²) in [6.45, 7) is 0. The molecule has 7 heteroatoms. The van der Waals surface area contributed by atoms with Crippen LogP contribution in [0.5, 0.6) is 11.5 Å². The predicted octanol–water partition coefficient (Wildman–Crippen LogP) is 5.42. The Morgan fingerprint density at radius 1 is 0.935 bits per heavy atom. The number of hydrogen-bond donors (Lipinski definition) is 1. The van der Waals surface area contributed by atoms with Crippen molar-refractivity contribution >= 4 is 33.0 Å². The third-order valence-corrected chi connectivity index (χ3v) is 7.27. The van der Waals surface area contributed by atoms with Gasteiger partial charge in [-0.2, -0.15) is 0 Å². The molecule has 0 aliphatic heterocycles. The molecule has 0 fully saturated rings. The zero-order valence-corrected chi connectivity index (χ0v) is 18.4. The van der Waals surface area contributed by atoms with Crippen LogP contribution in [0.25, 0.3) is 0 Å². The summed E-state index contributed by atoms with van der Waals surface area (Å²) in [5, 5.41) is 3.19. The van der Waals surface area contributed by atoms with Gasteiger partial charge < -0.3 is 10.1 Å². The number of carbonyl (C=O) groups excluding carboxylic acids is 1. The van der Waals surface area contributed by atoms with E-state index in [1.807, 2.05) is 6.07 Å². The molecule has 0 radical (unpaired) electrons. The largest absolute Gasteiger partial charge is 0.454 e. The lowest BCUT2D eigenvalue weighted by atomic mass is 10.1. The van der Waals surface area contributed by atoms with Crippen LogP contribution in [0, 0.1) is 0 Å². The van der Waals surface area contributed by atoms with E-state index in [0.29, 0.717) is 22.2 Å². The highest BCUT2D eigenvalue weighted by atomic mass is 35.5. The fraction of sp³-hybridized carbons (Fsp3) is 0.208. The van der Waals surface area contributed by atoms with Crippen LogP contribution >= 0.6 is 11.6 Å². The quantitative estimate of drug-likeness (QED) is 0.516. The van der Waals surface area contributed by atoms with Crippen molar-refractivity contribution in [2.45, 2.75) is 30.6 Å². The first-order valence-corrected chi connectivity index (χ1v) is 12.1. The Labute approximate surface area is 186 Å². The van der Waals surface area contributed by atoms with Crippen LogP contribution in [-0.2, 0) is 27.5 Å². The minimum Gasteiger partial charge on any atom is -0.454 e. The van der Waals surface area contributed by atoms with Crippen molar-refractivity contribution in [1.82, 2.24) is 0 Å². The molecule has 0 heterocycles. The fourth-order valence-corrected chi connectivity index (χ4v) is 5.07. The van der Waals surface area contributed by atoms with Gasteiger partial charge in [-0.25, -0.2) is 8.42 Å². The van der Waals surface area contributed by atoms with Crippen molar-refractivity contribution in [3.63, 3.8) is 0 Å². The first kappa shape index (κ1) is 21.4. The molecule has 31 heavy (non-hydrogen) atoms. The molecule has 4 rings (SSSR count). The monoisotopic (exact) mass is 455 g/mol. The maximum atomic E-state index is 12.7. The van der Waals surface area contributed by atoms with E-state index in [4.69, 9.17) is 16.3 Å². The highest BCUT2D eigenvalue weighted by molar-refractivity contribution is 7.91. The molecule has 1 N–H and O–H groups in total. The molecule has 1 amide bonds. The number of halogens is 1. The Morgan fingerprint density at radius 3 is 2.45 bits per heavy atom. The van der Waals surface area contributed by atoms with Gasteiger partial charge >= 0.3 is 0 Å². The van der Waals surface area contributed by atoms with E-state index < -0.39 is 15.7 Å². The zero-order chi connectivity index (χ0) is 21.8. The first-order valence-electron chi connectivity index (χ1n) is 10.1. The van der Waals surface area contributed by atoms with Gasteiger partial charge in [-0.15, -0.1) is 0 Å². The van der Waals surface area contributed by atoms with Gasteiger partial charge in [-0.1, -0.05) is 41.9 Å². The highest BCUT2D eigenvalue weighted by Crippen LogP contribution is 2.33. The second kappa shape index (κ2) is 9.12. The molecule has 5 nitrogen and oxygen atoms in total. The number of sulfone groups is 1. The number of hydrogen-bond acceptors (Lipinski definition) is 4. The maximum Gasteiger partial charge on any atom is 0.225 e. The summed E-state index contributed by atoms with van der Waals surface area (Å²) in [4.78, 5) is 12.8. The van der Waals surface area contributed by atoms with Gasteiger partial charge in [0.2, 0.25) is 5.91 Å². The Morgan fingerprint density at radius 2 is 1.65 bits per heavy atom. The van der Waals surface area contributed by atoms with Gasteiger partial charge in [0.1, 0.15) is 5.75 Å². The second-order valence-electron chi connectivity index (χ2n) is 7.43. The summed E-state index contributed by atoms with van der Waals surface area (Å²) in [7, 11) is -3.54. The summed E-state index contributed by atoms with van der Waals surface area (Å²) in [6, 6.07) is 19.3. The number of aryl methyl sites for hydroxylation is 2. The van der Waals surface area contributed by atoms with Crippen molar-refractivity contribution in [3.8, 4) is 11.5 Å². The van der Waals surface area contributed by atoms with Gasteiger partial charge in [-0.3, -0.25) is 4.79 Å². The molecule has 1 aliphatic rings. The summed E-state index contributed by atoms with van der Waals surface area (Å²) < 4.78 is 31.3. The molecular weight excluding hydrogens is 434 g/mol. The third kappa shape index (κ3) is 5.09. The lowest BCUT2D eigenvalue weighted by Crippen LogP contribution is -2.18. The van der Waals surface area contributed by atoms with Crippen molar-refractivity contribution in [2.24, 2.45) is 0 Å². The van der Waals surface area contributed by atoms with Gasteiger partial charge in [-0.05, 0) is 66.8 Å². The average Bonchev–Trinajstić information content (AvgIpc) is 3.23. The molecule has 160 valence electrons. The first-order chi connectivity index (χ1) is 14.9. The lowest BCUT2D eigenvalue weighted by molar-refractivity contribution is -0.115. The molecule has 0 atom stereocenters. The normalized spacial score (nSPS) is 12.9. The van der Waals surface area contributed by atoms with Crippen molar-refractivity contribution in [3.05, 3.63) is 82.9 Å². The number of para-hydroxylation sites is 3. The SMILES string of the molecule is O=C(CCS(=O)(=O)c1ccc2c(c1)CCC2)Nc1ccccc1Oc1ccccc1Cl. The molecule has 1 aliphatic carbocycles. The van der Waals surface area contributed by atoms with Crippen LogP contribution in [0.15, 0.2) is 71.6 Å². The Bertz CT molecular complexity index is 1220. The number of ether oxygens (including phenoxy) is 1. The number of amides is 1. The third-order valence-electron chi connectivity index (χ3n) is 5.24. The van der Waals surface area contributed by atoms with Crippen LogP contribution in [0.3, 0.4) is 0 Å². The number of benzene rings is 3. The standard InChI is InChI=1S/C24H22ClNO4S/c25-20-8-1-3-10-22(20)30-23-11-4-2-9-21(23)26-24(27)14-15-31(28,29)19-13-12-17-6-5-7-18(17)16-19/h1-4,8-13,16H,5-7,14-15H2,(H,26,27). The van der Waals surface area contributed by atoms with Crippen molar-refractivity contribution < 1.29 is 17.9 Å². The minimum atomic E-state index is -3.54. The smallest absolute Gasteiger partial charge is 0.225 e. The van der Waals surface area contributed by atoms with E-state index in [2.05, 4.69) is 5.32 Å². The van der Waals surface area contributed by atoms with Gasteiger partial charge in [0, 0.05) is 6.42 Å². The molecule has 3 aromatic carbocycles. The zero-order valence-electron chi connectivity index (χ0n) is 16.8. The molecule has 0 saturated carbocycles. The van der Waals surface area contributed by atoms with Crippen LogP contribution in [0.2, 0.25) is 5.02 Å². The summed E-state index contributed by atoms with van der Waals surface area (Å²) in [5.41, 5.74) is 2.75. The topological polar surface area (TPSA) is 72.5 Å². The van der Waals surface area contributed by atoms with E-state index >= 15 is 0 Å².